The van der Waals surface area contributed by atoms with Crippen LogP contribution in [0, 0.1) is 5.41 Å². The second kappa shape index (κ2) is 8.10. The summed E-state index contributed by atoms with van der Waals surface area (Å²) in [4.78, 5) is 19.0. The van der Waals surface area contributed by atoms with E-state index < -0.39 is 0 Å². The third kappa shape index (κ3) is 4.95. The van der Waals surface area contributed by atoms with E-state index >= 15 is 0 Å². The Morgan fingerprint density at radius 2 is 2.05 bits per heavy atom. The molecule has 0 saturated heterocycles. The van der Waals surface area contributed by atoms with Gasteiger partial charge in [-0.1, -0.05) is 54.9 Å². The number of alkyl halides is 1. The van der Waals surface area contributed by atoms with Crippen molar-refractivity contribution >= 4 is 27.7 Å². The lowest BCUT2D eigenvalue weighted by molar-refractivity contribution is 0.359. The zero-order valence-electron chi connectivity index (χ0n) is 12.0. The number of H-pyrrole nitrogens is 1. The fraction of sp³-hybridized carbons (Fsp3) is 0.714. The summed E-state index contributed by atoms with van der Waals surface area (Å²) >= 11 is 5.27. The monoisotopic (exact) mass is 346 g/mol. The summed E-state index contributed by atoms with van der Waals surface area (Å²) in [5.41, 5.74) is 1.13. The number of nitrogens with one attached hydrogen (secondary N) is 1. The van der Waals surface area contributed by atoms with Crippen molar-refractivity contribution in [2.75, 3.05) is 11.1 Å². The summed E-state index contributed by atoms with van der Waals surface area (Å²) in [6.07, 6.45) is 4.12. The molecule has 0 unspecified atom stereocenters. The third-order valence-corrected chi connectivity index (χ3v) is 5.99. The van der Waals surface area contributed by atoms with Crippen molar-refractivity contribution in [2.24, 2.45) is 5.41 Å². The maximum absolute atomic E-state index is 11.6. The first-order valence-electron chi connectivity index (χ1n) is 6.88. The molecule has 0 radical (unpaired) electrons. The van der Waals surface area contributed by atoms with E-state index in [0.717, 1.165) is 47.6 Å². The van der Waals surface area contributed by atoms with E-state index in [0.29, 0.717) is 0 Å². The van der Waals surface area contributed by atoms with E-state index in [4.69, 9.17) is 0 Å². The number of aryl methyl sites for hydroxylation is 1. The molecule has 1 rings (SSSR count). The molecule has 0 spiro atoms. The quantitative estimate of drug-likeness (QED) is 0.439. The smallest absolute Gasteiger partial charge is 0.251 e. The fourth-order valence-corrected chi connectivity index (χ4v) is 4.40. The summed E-state index contributed by atoms with van der Waals surface area (Å²) in [5, 5.41) is 1.74. The van der Waals surface area contributed by atoms with E-state index in [-0.39, 0.29) is 11.0 Å². The van der Waals surface area contributed by atoms with Crippen molar-refractivity contribution in [1.29, 1.82) is 0 Å². The van der Waals surface area contributed by atoms with Crippen molar-refractivity contribution in [1.82, 2.24) is 9.97 Å². The van der Waals surface area contributed by atoms with Crippen LogP contribution in [0.1, 0.15) is 45.7 Å². The number of aromatic nitrogens is 2. The molecule has 0 amide bonds. The average Bonchev–Trinajstić information content (AvgIpc) is 2.41. The highest BCUT2D eigenvalue weighted by Crippen LogP contribution is 2.34. The maximum Gasteiger partial charge on any atom is 0.251 e. The molecular formula is C14H23BrN2OS. The van der Waals surface area contributed by atoms with E-state index in [1.807, 2.05) is 0 Å². The molecular weight excluding hydrogens is 324 g/mol. The Morgan fingerprint density at radius 3 is 2.58 bits per heavy atom. The Labute approximate surface area is 128 Å². The molecule has 1 N–H and O–H groups in total. The molecule has 0 fully saturated rings. The molecule has 1 heterocycles. The highest BCUT2D eigenvalue weighted by molar-refractivity contribution is 9.09. The molecule has 0 aromatic carbocycles. The van der Waals surface area contributed by atoms with E-state index in [1.54, 1.807) is 17.8 Å². The molecule has 0 saturated carbocycles. The number of thioether (sulfide) groups is 1. The maximum atomic E-state index is 11.6. The number of rotatable bonds is 8. The van der Waals surface area contributed by atoms with E-state index in [9.17, 15) is 4.79 Å². The average molecular weight is 347 g/mol. The number of halogens is 1. The van der Waals surface area contributed by atoms with Gasteiger partial charge in [0.05, 0.1) is 0 Å². The first-order valence-corrected chi connectivity index (χ1v) is 8.98. The molecule has 0 bridgehead atoms. The molecule has 19 heavy (non-hydrogen) atoms. The van der Waals surface area contributed by atoms with Crippen LogP contribution in [0.5, 0.6) is 0 Å². The minimum Gasteiger partial charge on any atom is -0.301 e. The van der Waals surface area contributed by atoms with Crippen molar-refractivity contribution in [3.8, 4) is 0 Å². The first-order chi connectivity index (χ1) is 9.09. The Hall–Kier alpha value is -0.290. The molecule has 3 nitrogen and oxygen atoms in total. The molecule has 5 heteroatoms. The Balaban J connectivity index is 2.79. The van der Waals surface area contributed by atoms with Gasteiger partial charge in [-0.3, -0.25) is 4.79 Å². The van der Waals surface area contributed by atoms with E-state index in [2.05, 4.69) is 46.7 Å². The minimum absolute atomic E-state index is 0.0432. The molecule has 108 valence electrons. The topological polar surface area (TPSA) is 45.8 Å². The molecule has 1 aromatic rings. The minimum atomic E-state index is -0.0432. The highest BCUT2D eigenvalue weighted by Gasteiger charge is 2.25. The van der Waals surface area contributed by atoms with Crippen molar-refractivity contribution in [3.05, 3.63) is 22.1 Å². The van der Waals surface area contributed by atoms with Crippen LogP contribution in [0.3, 0.4) is 0 Å². The van der Waals surface area contributed by atoms with Gasteiger partial charge in [0, 0.05) is 22.8 Å². The lowest BCUT2D eigenvalue weighted by Gasteiger charge is -2.28. The van der Waals surface area contributed by atoms with Crippen molar-refractivity contribution in [2.45, 2.75) is 51.6 Å². The largest absolute Gasteiger partial charge is 0.301 e. The lowest BCUT2D eigenvalue weighted by atomic mass is 9.87. The molecule has 0 aliphatic rings. The number of nitrogens with zero attached hydrogens (tertiary/aromatic N) is 1. The van der Waals surface area contributed by atoms with Gasteiger partial charge in [-0.15, -0.1) is 0 Å². The van der Waals surface area contributed by atoms with Gasteiger partial charge < -0.3 is 4.98 Å². The zero-order valence-corrected chi connectivity index (χ0v) is 14.4. The number of hydrogen-bond acceptors (Lipinski definition) is 3. The van der Waals surface area contributed by atoms with Crippen LogP contribution < -0.4 is 5.56 Å². The van der Waals surface area contributed by atoms with Gasteiger partial charge in [-0.2, -0.15) is 0 Å². The van der Waals surface area contributed by atoms with Crippen LogP contribution in [-0.4, -0.2) is 21.1 Å². The van der Waals surface area contributed by atoms with Gasteiger partial charge in [-0.05, 0) is 24.7 Å². The van der Waals surface area contributed by atoms with Crippen LogP contribution in [0.15, 0.2) is 16.0 Å². The van der Waals surface area contributed by atoms with Crippen LogP contribution in [0.4, 0.5) is 0 Å². The zero-order chi connectivity index (χ0) is 14.3. The predicted octanol–water partition coefficient (Wildman–Crippen LogP) is 4.02. The SMILES string of the molecule is CCCc1cc(=O)[nH]c(SCC(CC)(CC)CBr)n1. The van der Waals surface area contributed by atoms with Crippen LogP contribution >= 0.6 is 27.7 Å². The van der Waals surface area contributed by atoms with Gasteiger partial charge in [-0.25, -0.2) is 4.98 Å². The molecule has 0 aliphatic carbocycles. The molecule has 1 aromatic heterocycles. The van der Waals surface area contributed by atoms with Gasteiger partial charge in [0.15, 0.2) is 5.16 Å². The lowest BCUT2D eigenvalue weighted by Crippen LogP contribution is -2.24. The molecule has 0 aliphatic heterocycles. The van der Waals surface area contributed by atoms with Gasteiger partial charge in [0.1, 0.15) is 0 Å². The second-order valence-electron chi connectivity index (χ2n) is 4.92. The van der Waals surface area contributed by atoms with Crippen molar-refractivity contribution in [3.63, 3.8) is 0 Å². The number of aromatic amines is 1. The Bertz CT molecular complexity index is 435. The fourth-order valence-electron chi connectivity index (χ4n) is 1.84. The van der Waals surface area contributed by atoms with Gasteiger partial charge >= 0.3 is 0 Å². The summed E-state index contributed by atoms with van der Waals surface area (Å²) in [7, 11) is 0. The van der Waals surface area contributed by atoms with E-state index in [1.165, 1.54) is 0 Å². The Kier molecular flexibility index (Phi) is 7.15. The predicted molar refractivity (Wildman–Crippen MR) is 86.4 cm³/mol. The first kappa shape index (κ1) is 16.8. The summed E-state index contributed by atoms with van der Waals surface area (Å²) in [5.74, 6) is 0.976. The standard InChI is InChI=1S/C14H23BrN2OS/c1-4-7-11-8-12(18)17-13(16-11)19-10-14(5-2,6-3)9-15/h8H,4-7,9-10H2,1-3H3,(H,16,17,18). The van der Waals surface area contributed by atoms with Crippen LogP contribution in [-0.2, 0) is 6.42 Å². The van der Waals surface area contributed by atoms with Crippen molar-refractivity contribution < 1.29 is 0 Å². The summed E-state index contributed by atoms with van der Waals surface area (Å²) in [6.45, 7) is 6.53. The third-order valence-electron chi connectivity index (χ3n) is 3.58. The molecule has 0 atom stereocenters. The number of hydrogen-bond donors (Lipinski definition) is 1. The highest BCUT2D eigenvalue weighted by atomic mass is 79.9. The summed E-state index contributed by atoms with van der Waals surface area (Å²) in [6, 6.07) is 1.60. The van der Waals surface area contributed by atoms with Crippen LogP contribution in [0.2, 0.25) is 0 Å². The Morgan fingerprint density at radius 1 is 1.37 bits per heavy atom. The van der Waals surface area contributed by atoms with Crippen LogP contribution in [0.25, 0.3) is 0 Å². The second-order valence-corrected chi connectivity index (χ2v) is 6.45. The summed E-state index contributed by atoms with van der Waals surface area (Å²) < 4.78 is 0. The normalized spacial score (nSPS) is 11.8. The van der Waals surface area contributed by atoms with Gasteiger partial charge in [0.2, 0.25) is 0 Å². The van der Waals surface area contributed by atoms with Gasteiger partial charge in [0.25, 0.3) is 5.56 Å².